The van der Waals surface area contributed by atoms with Gasteiger partial charge in [-0.2, -0.15) is 5.10 Å². The van der Waals surface area contributed by atoms with E-state index >= 15 is 0 Å². The number of aryl methyl sites for hydroxylation is 3. The van der Waals surface area contributed by atoms with Crippen LogP contribution < -0.4 is 15.5 Å². The third-order valence-corrected chi connectivity index (χ3v) is 6.09. The molecule has 0 spiro atoms. The molecular formula is C26H39ClN8. The van der Waals surface area contributed by atoms with Crippen LogP contribution in [0.1, 0.15) is 52.8 Å². The second kappa shape index (κ2) is 11.3. The Hall–Kier alpha value is -2.84. The summed E-state index contributed by atoms with van der Waals surface area (Å²) in [5, 5.41) is 17.9. The SMILES string of the molecule is CC.CC.Cc1cn2nc(Nc3nn(C)c4cc(N5CC(C)NC(C)C5)cc(Cl)c34)cc(C)c2n1. The van der Waals surface area contributed by atoms with Gasteiger partial charge in [-0.05, 0) is 51.5 Å². The van der Waals surface area contributed by atoms with Crippen molar-refractivity contribution < 1.29 is 0 Å². The second-order valence-corrected chi connectivity index (χ2v) is 9.06. The van der Waals surface area contributed by atoms with Crippen LogP contribution in [0, 0.1) is 13.8 Å². The van der Waals surface area contributed by atoms with Gasteiger partial charge in [-0.1, -0.05) is 39.3 Å². The number of benzene rings is 1. The summed E-state index contributed by atoms with van der Waals surface area (Å²) in [5.41, 5.74) is 4.94. The summed E-state index contributed by atoms with van der Waals surface area (Å²) in [6.07, 6.45) is 1.92. The second-order valence-electron chi connectivity index (χ2n) is 8.66. The zero-order chi connectivity index (χ0) is 25.9. The van der Waals surface area contributed by atoms with E-state index in [9.17, 15) is 0 Å². The molecule has 0 radical (unpaired) electrons. The molecule has 9 heteroatoms. The minimum Gasteiger partial charge on any atom is -0.368 e. The molecule has 35 heavy (non-hydrogen) atoms. The summed E-state index contributed by atoms with van der Waals surface area (Å²) in [6, 6.07) is 7.05. The number of anilines is 3. The zero-order valence-corrected chi connectivity index (χ0v) is 23.2. The third-order valence-electron chi connectivity index (χ3n) is 5.79. The first kappa shape index (κ1) is 26.8. The van der Waals surface area contributed by atoms with Crippen molar-refractivity contribution in [1.29, 1.82) is 0 Å². The molecule has 0 amide bonds. The van der Waals surface area contributed by atoms with E-state index in [4.69, 9.17) is 16.7 Å². The summed E-state index contributed by atoms with van der Waals surface area (Å²) in [5.74, 6) is 1.39. The van der Waals surface area contributed by atoms with Gasteiger partial charge >= 0.3 is 0 Å². The lowest BCUT2D eigenvalue weighted by Gasteiger charge is -2.37. The fraction of sp³-hybridized carbons (Fsp3) is 0.500. The molecular weight excluding hydrogens is 460 g/mol. The average Bonchev–Trinajstić information content (AvgIpc) is 3.35. The number of nitrogens with one attached hydrogen (secondary N) is 2. The standard InChI is InChI=1S/C22H27ClN8.2C2H6/c1-12-6-19(27-31-11-15(4)25-22(12)31)26-21-20-17(23)7-16(8-18(20)29(5)28-21)30-9-13(2)24-14(3)10-30;2*1-2/h6-8,11,13-14,24H,9-10H2,1-5H3,(H,26,27,28);2*1-2H3. The molecule has 1 aromatic carbocycles. The molecule has 8 nitrogen and oxygen atoms in total. The van der Waals surface area contributed by atoms with E-state index in [1.165, 1.54) is 0 Å². The molecule has 2 atom stereocenters. The van der Waals surface area contributed by atoms with Crippen LogP contribution in [-0.2, 0) is 7.05 Å². The third kappa shape index (κ3) is 5.54. The molecule has 3 aromatic heterocycles. The number of rotatable bonds is 3. The van der Waals surface area contributed by atoms with Crippen molar-refractivity contribution in [3.63, 3.8) is 0 Å². The van der Waals surface area contributed by atoms with Gasteiger partial charge in [0.05, 0.1) is 27.8 Å². The fourth-order valence-corrected chi connectivity index (χ4v) is 4.85. The zero-order valence-electron chi connectivity index (χ0n) is 22.4. The first-order valence-electron chi connectivity index (χ1n) is 12.6. The van der Waals surface area contributed by atoms with E-state index < -0.39 is 0 Å². The molecule has 0 saturated carbocycles. The normalized spacial score (nSPS) is 17.6. The van der Waals surface area contributed by atoms with Crippen LogP contribution in [0.4, 0.5) is 17.3 Å². The van der Waals surface area contributed by atoms with Crippen molar-refractivity contribution in [2.45, 2.75) is 67.5 Å². The van der Waals surface area contributed by atoms with Crippen molar-refractivity contribution in [3.05, 3.63) is 40.7 Å². The molecule has 5 rings (SSSR count). The quantitative estimate of drug-likeness (QED) is 0.368. The van der Waals surface area contributed by atoms with Gasteiger partial charge in [0.15, 0.2) is 17.3 Å². The molecule has 190 valence electrons. The molecule has 4 heterocycles. The van der Waals surface area contributed by atoms with Crippen LogP contribution in [0.5, 0.6) is 0 Å². The lowest BCUT2D eigenvalue weighted by molar-refractivity contribution is 0.407. The van der Waals surface area contributed by atoms with Crippen molar-refractivity contribution in [1.82, 2.24) is 29.7 Å². The van der Waals surface area contributed by atoms with E-state index in [-0.39, 0.29) is 0 Å². The highest BCUT2D eigenvalue weighted by Crippen LogP contribution is 2.36. The van der Waals surface area contributed by atoms with Crippen LogP contribution >= 0.6 is 11.6 Å². The number of aromatic nitrogens is 5. The van der Waals surface area contributed by atoms with Crippen molar-refractivity contribution >= 4 is 45.5 Å². The molecule has 2 unspecified atom stereocenters. The molecule has 1 aliphatic heterocycles. The molecule has 4 aromatic rings. The Morgan fingerprint density at radius 3 is 2.31 bits per heavy atom. The van der Waals surface area contributed by atoms with Crippen molar-refractivity contribution in [2.75, 3.05) is 23.3 Å². The van der Waals surface area contributed by atoms with Gasteiger partial charge < -0.3 is 15.5 Å². The van der Waals surface area contributed by atoms with E-state index in [2.05, 4.69) is 45.5 Å². The summed E-state index contributed by atoms with van der Waals surface area (Å²) in [6.45, 7) is 18.3. The highest BCUT2D eigenvalue weighted by atomic mass is 35.5. The van der Waals surface area contributed by atoms with Crippen LogP contribution in [0.2, 0.25) is 5.02 Å². The number of piperazine rings is 1. The Morgan fingerprint density at radius 1 is 1.00 bits per heavy atom. The number of imidazole rings is 1. The Bertz CT molecular complexity index is 1280. The summed E-state index contributed by atoms with van der Waals surface area (Å²) < 4.78 is 3.67. The number of fused-ring (bicyclic) bond motifs is 2. The van der Waals surface area contributed by atoms with Crippen LogP contribution in [-0.4, -0.2) is 49.6 Å². The Labute approximate surface area is 213 Å². The first-order chi connectivity index (χ1) is 16.8. The van der Waals surface area contributed by atoms with Gasteiger partial charge in [0.1, 0.15) is 0 Å². The van der Waals surface area contributed by atoms with Crippen molar-refractivity contribution in [3.8, 4) is 0 Å². The number of halogens is 1. The lowest BCUT2D eigenvalue weighted by Crippen LogP contribution is -2.54. The maximum atomic E-state index is 6.80. The Kier molecular flexibility index (Phi) is 8.61. The van der Waals surface area contributed by atoms with E-state index in [1.807, 2.05) is 71.6 Å². The van der Waals surface area contributed by atoms with E-state index in [1.54, 1.807) is 4.52 Å². The fourth-order valence-electron chi connectivity index (χ4n) is 4.56. The predicted octanol–water partition coefficient (Wildman–Crippen LogP) is 5.87. The molecule has 1 aliphatic rings. The van der Waals surface area contributed by atoms with Crippen LogP contribution in [0.25, 0.3) is 16.6 Å². The maximum Gasteiger partial charge on any atom is 0.163 e. The number of nitrogens with zero attached hydrogens (tertiary/aromatic N) is 6. The van der Waals surface area contributed by atoms with E-state index in [0.29, 0.717) is 28.7 Å². The Balaban J connectivity index is 0.000000815. The highest BCUT2D eigenvalue weighted by molar-refractivity contribution is 6.37. The number of hydrogen-bond acceptors (Lipinski definition) is 6. The summed E-state index contributed by atoms with van der Waals surface area (Å²) in [7, 11) is 1.94. The summed E-state index contributed by atoms with van der Waals surface area (Å²) in [4.78, 5) is 6.90. The van der Waals surface area contributed by atoms with Gasteiger partial charge in [-0.3, -0.25) is 4.68 Å². The monoisotopic (exact) mass is 498 g/mol. The maximum absolute atomic E-state index is 6.80. The first-order valence-corrected chi connectivity index (χ1v) is 12.9. The Morgan fingerprint density at radius 2 is 1.66 bits per heavy atom. The predicted molar refractivity (Wildman–Crippen MR) is 148 cm³/mol. The summed E-state index contributed by atoms with van der Waals surface area (Å²) >= 11 is 6.80. The molecule has 1 fully saturated rings. The average molecular weight is 499 g/mol. The smallest absolute Gasteiger partial charge is 0.163 e. The van der Waals surface area contributed by atoms with Gasteiger partial charge in [0.2, 0.25) is 0 Å². The van der Waals surface area contributed by atoms with Gasteiger partial charge in [-0.25, -0.2) is 9.50 Å². The van der Waals surface area contributed by atoms with Gasteiger partial charge in [-0.15, -0.1) is 5.10 Å². The van der Waals surface area contributed by atoms with Gasteiger partial charge in [0.25, 0.3) is 0 Å². The van der Waals surface area contributed by atoms with E-state index in [0.717, 1.165) is 46.6 Å². The molecule has 1 saturated heterocycles. The minimum absolute atomic E-state index is 0.429. The van der Waals surface area contributed by atoms with Crippen LogP contribution in [0.15, 0.2) is 24.4 Å². The molecule has 0 aliphatic carbocycles. The largest absolute Gasteiger partial charge is 0.368 e. The molecule has 2 N–H and O–H groups in total. The van der Waals surface area contributed by atoms with Gasteiger partial charge in [0, 0.05) is 37.9 Å². The van der Waals surface area contributed by atoms with Crippen LogP contribution in [0.3, 0.4) is 0 Å². The minimum atomic E-state index is 0.429. The lowest BCUT2D eigenvalue weighted by atomic mass is 10.1. The number of hydrogen-bond donors (Lipinski definition) is 2. The molecule has 0 bridgehead atoms. The highest BCUT2D eigenvalue weighted by Gasteiger charge is 2.23. The van der Waals surface area contributed by atoms with Crippen molar-refractivity contribution in [2.24, 2.45) is 7.05 Å². The topological polar surface area (TPSA) is 75.3 Å².